The summed E-state index contributed by atoms with van der Waals surface area (Å²) in [5.74, 6) is -0.422. The second-order valence-corrected chi connectivity index (χ2v) is 5.83. The van der Waals surface area contributed by atoms with Crippen molar-refractivity contribution in [3.05, 3.63) is 28.8 Å². The van der Waals surface area contributed by atoms with Gasteiger partial charge in [0.2, 0.25) is 0 Å². The highest BCUT2D eigenvalue weighted by molar-refractivity contribution is 7.80. The van der Waals surface area contributed by atoms with E-state index in [2.05, 4.69) is 15.4 Å². The van der Waals surface area contributed by atoms with Crippen molar-refractivity contribution in [3.8, 4) is 0 Å². The Kier molecular flexibility index (Phi) is 5.14. The average Bonchev–Trinajstić information content (AvgIpc) is 2.28. The highest BCUT2D eigenvalue weighted by Gasteiger charge is 2.13. The van der Waals surface area contributed by atoms with E-state index in [0.717, 1.165) is 0 Å². The summed E-state index contributed by atoms with van der Waals surface area (Å²) >= 11 is 11.2. The van der Waals surface area contributed by atoms with Crippen molar-refractivity contribution in [2.75, 3.05) is 12.4 Å². The molecular formula is C13H17ClN2O2S. The molecule has 0 unspecified atom stereocenters. The minimum absolute atomic E-state index is 0.156. The van der Waals surface area contributed by atoms with Crippen molar-refractivity contribution in [1.82, 2.24) is 5.32 Å². The summed E-state index contributed by atoms with van der Waals surface area (Å²) in [4.78, 5) is 11.4. The third-order valence-corrected chi connectivity index (χ3v) is 2.66. The molecule has 0 saturated heterocycles. The molecule has 1 rings (SSSR count). The highest BCUT2D eigenvalue weighted by atomic mass is 35.5. The average molecular weight is 301 g/mol. The van der Waals surface area contributed by atoms with Crippen LogP contribution in [-0.4, -0.2) is 23.7 Å². The van der Waals surface area contributed by atoms with Gasteiger partial charge >= 0.3 is 5.97 Å². The molecule has 0 spiro atoms. The van der Waals surface area contributed by atoms with E-state index < -0.39 is 5.97 Å². The Morgan fingerprint density at radius 1 is 1.37 bits per heavy atom. The molecule has 0 amide bonds. The Morgan fingerprint density at radius 2 is 2.00 bits per heavy atom. The maximum atomic E-state index is 11.4. The van der Waals surface area contributed by atoms with Gasteiger partial charge in [-0.1, -0.05) is 11.6 Å². The molecule has 1 aromatic carbocycles. The number of hydrogen-bond donors (Lipinski definition) is 2. The van der Waals surface area contributed by atoms with Crippen LogP contribution < -0.4 is 10.6 Å². The van der Waals surface area contributed by atoms with Crippen LogP contribution in [0.2, 0.25) is 5.02 Å². The van der Waals surface area contributed by atoms with Crippen LogP contribution in [0.25, 0.3) is 0 Å². The molecule has 19 heavy (non-hydrogen) atoms. The summed E-state index contributed by atoms with van der Waals surface area (Å²) in [5.41, 5.74) is 0.815. The van der Waals surface area contributed by atoms with E-state index in [1.807, 2.05) is 20.8 Å². The van der Waals surface area contributed by atoms with E-state index in [-0.39, 0.29) is 5.54 Å². The smallest absolute Gasteiger partial charge is 0.337 e. The summed E-state index contributed by atoms with van der Waals surface area (Å²) in [7, 11) is 1.33. The molecule has 0 heterocycles. The number of rotatable bonds is 2. The quantitative estimate of drug-likeness (QED) is 0.649. The molecule has 0 aliphatic heterocycles. The number of nitrogens with one attached hydrogen (secondary N) is 2. The largest absolute Gasteiger partial charge is 0.465 e. The molecule has 1 aromatic rings. The maximum absolute atomic E-state index is 11.4. The van der Waals surface area contributed by atoms with Gasteiger partial charge in [-0.05, 0) is 51.2 Å². The van der Waals surface area contributed by atoms with Gasteiger partial charge in [-0.2, -0.15) is 0 Å². The van der Waals surface area contributed by atoms with Crippen molar-refractivity contribution >= 4 is 40.6 Å². The zero-order valence-corrected chi connectivity index (χ0v) is 12.9. The number of anilines is 1. The van der Waals surface area contributed by atoms with Gasteiger partial charge in [0.05, 0.1) is 23.4 Å². The summed E-state index contributed by atoms with van der Waals surface area (Å²) in [6.07, 6.45) is 0. The molecule has 0 bridgehead atoms. The van der Waals surface area contributed by atoms with Crippen LogP contribution in [0, 0.1) is 0 Å². The highest BCUT2D eigenvalue weighted by Crippen LogP contribution is 2.23. The Labute approximate surface area is 123 Å². The van der Waals surface area contributed by atoms with Crippen LogP contribution >= 0.6 is 23.8 Å². The van der Waals surface area contributed by atoms with Crippen molar-refractivity contribution in [2.45, 2.75) is 26.3 Å². The fraction of sp³-hybridized carbons (Fsp3) is 0.385. The predicted molar refractivity (Wildman–Crippen MR) is 81.9 cm³/mol. The van der Waals surface area contributed by atoms with Gasteiger partial charge in [-0.3, -0.25) is 0 Å². The van der Waals surface area contributed by atoms with E-state index in [1.54, 1.807) is 18.2 Å². The summed E-state index contributed by atoms with van der Waals surface area (Å²) in [6, 6.07) is 4.82. The van der Waals surface area contributed by atoms with Crippen LogP contribution in [0.4, 0.5) is 5.69 Å². The number of hydrogen-bond acceptors (Lipinski definition) is 3. The van der Waals surface area contributed by atoms with Gasteiger partial charge < -0.3 is 15.4 Å². The standard InChI is InChI=1S/C13H17ClN2O2S/c1-13(2,3)16-12(19)15-10-7-8(11(17)18-4)5-6-9(10)14/h5-7H,1-4H3,(H2,15,16,19). The first-order chi connectivity index (χ1) is 8.73. The van der Waals surface area contributed by atoms with Gasteiger partial charge in [0, 0.05) is 5.54 Å². The third-order valence-electron chi connectivity index (χ3n) is 2.12. The minimum Gasteiger partial charge on any atom is -0.465 e. The number of carbonyl (C=O) groups is 1. The molecule has 2 N–H and O–H groups in total. The van der Waals surface area contributed by atoms with E-state index in [0.29, 0.717) is 21.4 Å². The fourth-order valence-electron chi connectivity index (χ4n) is 1.36. The lowest BCUT2D eigenvalue weighted by atomic mass is 10.1. The zero-order chi connectivity index (χ0) is 14.6. The first kappa shape index (κ1) is 15.7. The normalized spacial score (nSPS) is 10.8. The number of carbonyl (C=O) groups excluding carboxylic acids is 1. The van der Waals surface area contributed by atoms with E-state index in [1.165, 1.54) is 7.11 Å². The van der Waals surface area contributed by atoms with Crippen molar-refractivity contribution in [1.29, 1.82) is 0 Å². The van der Waals surface area contributed by atoms with Crippen molar-refractivity contribution in [3.63, 3.8) is 0 Å². The van der Waals surface area contributed by atoms with E-state index >= 15 is 0 Å². The second-order valence-electron chi connectivity index (χ2n) is 5.02. The predicted octanol–water partition coefficient (Wildman–Crippen LogP) is 3.21. The Morgan fingerprint density at radius 3 is 2.53 bits per heavy atom. The van der Waals surface area contributed by atoms with Crippen LogP contribution in [0.3, 0.4) is 0 Å². The summed E-state index contributed by atoms with van der Waals surface area (Å²) < 4.78 is 4.66. The Hall–Kier alpha value is -1.33. The number of thiocarbonyl (C=S) groups is 1. The maximum Gasteiger partial charge on any atom is 0.337 e. The number of ether oxygens (including phenoxy) is 1. The molecule has 0 radical (unpaired) electrons. The summed E-state index contributed by atoms with van der Waals surface area (Å²) in [6.45, 7) is 5.98. The van der Waals surface area contributed by atoms with Gasteiger partial charge in [-0.15, -0.1) is 0 Å². The lowest BCUT2D eigenvalue weighted by molar-refractivity contribution is 0.0601. The number of methoxy groups -OCH3 is 1. The molecule has 6 heteroatoms. The first-order valence-corrected chi connectivity index (χ1v) is 6.48. The van der Waals surface area contributed by atoms with Gasteiger partial charge in [0.25, 0.3) is 0 Å². The van der Waals surface area contributed by atoms with Gasteiger partial charge in [0.15, 0.2) is 5.11 Å². The fourth-order valence-corrected chi connectivity index (χ4v) is 1.94. The molecule has 0 atom stereocenters. The molecular weight excluding hydrogens is 284 g/mol. The molecule has 0 aliphatic carbocycles. The number of halogens is 1. The summed E-state index contributed by atoms with van der Waals surface area (Å²) in [5, 5.41) is 6.99. The van der Waals surface area contributed by atoms with Crippen molar-refractivity contribution in [2.24, 2.45) is 0 Å². The molecule has 104 valence electrons. The molecule has 0 aromatic heterocycles. The van der Waals surface area contributed by atoms with Gasteiger partial charge in [-0.25, -0.2) is 4.79 Å². The molecule has 0 fully saturated rings. The lowest BCUT2D eigenvalue weighted by Crippen LogP contribution is -2.43. The number of esters is 1. The molecule has 4 nitrogen and oxygen atoms in total. The molecule has 0 saturated carbocycles. The lowest BCUT2D eigenvalue weighted by Gasteiger charge is -2.23. The minimum atomic E-state index is -0.422. The first-order valence-electron chi connectivity index (χ1n) is 5.70. The Bertz CT molecular complexity index is 498. The van der Waals surface area contributed by atoms with Crippen LogP contribution in [-0.2, 0) is 4.74 Å². The van der Waals surface area contributed by atoms with Crippen molar-refractivity contribution < 1.29 is 9.53 Å². The van der Waals surface area contributed by atoms with Crippen LogP contribution in [0.15, 0.2) is 18.2 Å². The zero-order valence-electron chi connectivity index (χ0n) is 11.3. The monoisotopic (exact) mass is 300 g/mol. The Balaban J connectivity index is 2.88. The van der Waals surface area contributed by atoms with E-state index in [4.69, 9.17) is 23.8 Å². The van der Waals surface area contributed by atoms with E-state index in [9.17, 15) is 4.79 Å². The second kappa shape index (κ2) is 6.21. The third kappa shape index (κ3) is 5.04. The SMILES string of the molecule is COC(=O)c1ccc(Cl)c(NC(=S)NC(C)(C)C)c1. The number of benzene rings is 1. The molecule has 0 aliphatic rings. The van der Waals surface area contributed by atoms with Crippen LogP contribution in [0.1, 0.15) is 31.1 Å². The topological polar surface area (TPSA) is 50.4 Å². The van der Waals surface area contributed by atoms with Gasteiger partial charge in [0.1, 0.15) is 0 Å². The van der Waals surface area contributed by atoms with Crippen LogP contribution in [0.5, 0.6) is 0 Å².